The SMILES string of the molecule is Cc1onc(-c2c(F)cccc2Cl)c1C(=O)N1CCN(Cc2ccccn2)CC1. The average molecular weight is 415 g/mol. The van der Waals surface area contributed by atoms with Gasteiger partial charge in [0.15, 0.2) is 0 Å². The monoisotopic (exact) mass is 414 g/mol. The van der Waals surface area contributed by atoms with Crippen LogP contribution in [0, 0.1) is 12.7 Å². The lowest BCUT2D eigenvalue weighted by atomic mass is 10.0. The third-order valence-corrected chi connectivity index (χ3v) is 5.36. The van der Waals surface area contributed by atoms with Crippen molar-refractivity contribution in [1.29, 1.82) is 0 Å². The molecule has 0 atom stereocenters. The van der Waals surface area contributed by atoms with Crippen LogP contribution in [0.5, 0.6) is 0 Å². The number of benzene rings is 1. The molecule has 0 bridgehead atoms. The first-order valence-corrected chi connectivity index (χ1v) is 9.74. The minimum absolute atomic E-state index is 0.0863. The second-order valence-corrected chi connectivity index (χ2v) is 7.36. The van der Waals surface area contributed by atoms with Gasteiger partial charge in [-0.05, 0) is 31.2 Å². The Bertz CT molecular complexity index is 997. The van der Waals surface area contributed by atoms with Crippen LogP contribution in [0.1, 0.15) is 21.8 Å². The predicted octanol–water partition coefficient (Wildman–Crippen LogP) is 3.80. The molecule has 1 aliphatic heterocycles. The summed E-state index contributed by atoms with van der Waals surface area (Å²) in [5.41, 5.74) is 1.49. The third kappa shape index (κ3) is 4.02. The molecule has 1 amide bonds. The number of amides is 1. The van der Waals surface area contributed by atoms with E-state index in [1.807, 2.05) is 18.2 Å². The van der Waals surface area contributed by atoms with Gasteiger partial charge in [0.1, 0.15) is 22.8 Å². The summed E-state index contributed by atoms with van der Waals surface area (Å²) in [4.78, 5) is 21.5. The van der Waals surface area contributed by atoms with Crippen molar-refractivity contribution in [3.8, 4) is 11.3 Å². The number of hydrogen-bond acceptors (Lipinski definition) is 5. The minimum Gasteiger partial charge on any atom is -0.360 e. The van der Waals surface area contributed by atoms with Gasteiger partial charge in [-0.2, -0.15) is 0 Å². The molecule has 3 heterocycles. The van der Waals surface area contributed by atoms with Gasteiger partial charge < -0.3 is 9.42 Å². The molecule has 1 saturated heterocycles. The van der Waals surface area contributed by atoms with E-state index in [4.69, 9.17) is 16.1 Å². The van der Waals surface area contributed by atoms with Crippen molar-refractivity contribution < 1.29 is 13.7 Å². The van der Waals surface area contributed by atoms with Crippen LogP contribution in [0.4, 0.5) is 4.39 Å². The summed E-state index contributed by atoms with van der Waals surface area (Å²) >= 11 is 6.17. The number of halogens is 2. The van der Waals surface area contributed by atoms with Crippen LogP contribution in [0.2, 0.25) is 5.02 Å². The maximum Gasteiger partial charge on any atom is 0.259 e. The zero-order valence-electron chi connectivity index (χ0n) is 15.9. The van der Waals surface area contributed by atoms with Crippen molar-refractivity contribution in [2.45, 2.75) is 13.5 Å². The van der Waals surface area contributed by atoms with Crippen molar-refractivity contribution in [1.82, 2.24) is 19.9 Å². The number of aromatic nitrogens is 2. The van der Waals surface area contributed by atoms with E-state index in [9.17, 15) is 9.18 Å². The Morgan fingerprint density at radius 3 is 2.66 bits per heavy atom. The lowest BCUT2D eigenvalue weighted by Gasteiger charge is -2.34. The fourth-order valence-corrected chi connectivity index (χ4v) is 3.76. The molecule has 0 aliphatic carbocycles. The van der Waals surface area contributed by atoms with Crippen LogP contribution in [0.25, 0.3) is 11.3 Å². The summed E-state index contributed by atoms with van der Waals surface area (Å²) in [6.07, 6.45) is 1.78. The Morgan fingerprint density at radius 1 is 1.17 bits per heavy atom. The molecule has 29 heavy (non-hydrogen) atoms. The van der Waals surface area contributed by atoms with Gasteiger partial charge in [0.05, 0.1) is 16.3 Å². The second-order valence-electron chi connectivity index (χ2n) is 6.95. The molecular weight excluding hydrogens is 395 g/mol. The van der Waals surface area contributed by atoms with E-state index in [0.717, 1.165) is 25.3 Å². The van der Waals surface area contributed by atoms with Gasteiger partial charge in [0, 0.05) is 38.9 Å². The van der Waals surface area contributed by atoms with E-state index in [-0.39, 0.29) is 27.8 Å². The minimum atomic E-state index is -0.542. The number of hydrogen-bond donors (Lipinski definition) is 0. The van der Waals surface area contributed by atoms with Gasteiger partial charge in [0.25, 0.3) is 5.91 Å². The van der Waals surface area contributed by atoms with E-state index in [1.165, 1.54) is 12.1 Å². The smallest absolute Gasteiger partial charge is 0.259 e. The van der Waals surface area contributed by atoms with Crippen LogP contribution >= 0.6 is 11.6 Å². The number of nitrogens with zero attached hydrogens (tertiary/aromatic N) is 4. The molecule has 0 radical (unpaired) electrons. The fraction of sp³-hybridized carbons (Fsp3) is 0.286. The van der Waals surface area contributed by atoms with Crippen LogP contribution in [0.15, 0.2) is 47.1 Å². The summed E-state index contributed by atoms with van der Waals surface area (Å²) in [6.45, 7) is 4.95. The van der Waals surface area contributed by atoms with E-state index >= 15 is 0 Å². The predicted molar refractivity (Wildman–Crippen MR) is 107 cm³/mol. The number of piperazine rings is 1. The molecule has 0 spiro atoms. The Kier molecular flexibility index (Phi) is 5.60. The van der Waals surface area contributed by atoms with Crippen molar-refractivity contribution in [2.24, 2.45) is 0 Å². The van der Waals surface area contributed by atoms with Gasteiger partial charge in [-0.1, -0.05) is 28.9 Å². The summed E-state index contributed by atoms with van der Waals surface area (Å²) < 4.78 is 19.6. The molecule has 0 unspecified atom stereocenters. The van der Waals surface area contributed by atoms with Crippen molar-refractivity contribution in [2.75, 3.05) is 26.2 Å². The summed E-state index contributed by atoms with van der Waals surface area (Å²) in [7, 11) is 0. The Labute approximate surface area is 172 Å². The molecule has 0 N–H and O–H groups in total. The molecule has 0 saturated carbocycles. The van der Waals surface area contributed by atoms with Gasteiger partial charge in [-0.25, -0.2) is 4.39 Å². The summed E-state index contributed by atoms with van der Waals surface area (Å²) in [5.74, 6) is -0.421. The Morgan fingerprint density at radius 2 is 1.97 bits per heavy atom. The number of carbonyl (C=O) groups excluding carboxylic acids is 1. The normalized spacial score (nSPS) is 14.9. The first kappa shape index (κ1) is 19.5. The molecule has 1 fully saturated rings. The highest BCUT2D eigenvalue weighted by Gasteiger charge is 2.30. The highest BCUT2D eigenvalue weighted by molar-refractivity contribution is 6.33. The molecule has 6 nitrogen and oxygen atoms in total. The zero-order chi connectivity index (χ0) is 20.4. The molecule has 1 aromatic carbocycles. The van der Waals surface area contributed by atoms with Gasteiger partial charge in [0.2, 0.25) is 0 Å². The number of carbonyl (C=O) groups is 1. The lowest BCUT2D eigenvalue weighted by molar-refractivity contribution is 0.0626. The largest absolute Gasteiger partial charge is 0.360 e. The second kappa shape index (κ2) is 8.31. The van der Waals surface area contributed by atoms with E-state index in [1.54, 1.807) is 24.1 Å². The van der Waals surface area contributed by atoms with Crippen molar-refractivity contribution >= 4 is 17.5 Å². The number of rotatable bonds is 4. The maximum atomic E-state index is 14.4. The van der Waals surface area contributed by atoms with Crippen LogP contribution < -0.4 is 0 Å². The van der Waals surface area contributed by atoms with Crippen LogP contribution in [0.3, 0.4) is 0 Å². The summed E-state index contributed by atoms with van der Waals surface area (Å²) in [6, 6.07) is 10.2. The standard InChI is InChI=1S/C21H20ClFN4O2/c1-14-18(20(25-29-14)19-16(22)6-4-7-17(19)23)21(28)27-11-9-26(10-12-27)13-15-5-2-3-8-24-15/h2-8H,9-13H2,1H3. The number of pyridine rings is 1. The quantitative estimate of drug-likeness (QED) is 0.649. The van der Waals surface area contributed by atoms with E-state index in [0.29, 0.717) is 18.8 Å². The average Bonchev–Trinajstić information content (AvgIpc) is 3.10. The topological polar surface area (TPSA) is 62.5 Å². The van der Waals surface area contributed by atoms with Gasteiger partial charge >= 0.3 is 0 Å². The fourth-order valence-electron chi connectivity index (χ4n) is 3.51. The maximum absolute atomic E-state index is 14.4. The van der Waals surface area contributed by atoms with Crippen LogP contribution in [-0.2, 0) is 6.54 Å². The highest BCUT2D eigenvalue weighted by Crippen LogP contribution is 2.34. The number of aryl methyl sites for hydroxylation is 1. The van der Waals surface area contributed by atoms with Gasteiger partial charge in [-0.15, -0.1) is 0 Å². The first-order chi connectivity index (χ1) is 14.0. The zero-order valence-corrected chi connectivity index (χ0v) is 16.7. The van der Waals surface area contributed by atoms with Gasteiger partial charge in [-0.3, -0.25) is 14.7 Å². The van der Waals surface area contributed by atoms with Crippen molar-refractivity contribution in [3.05, 3.63) is 70.5 Å². The van der Waals surface area contributed by atoms with Crippen molar-refractivity contribution in [3.63, 3.8) is 0 Å². The molecule has 4 rings (SSSR count). The molecule has 3 aromatic rings. The first-order valence-electron chi connectivity index (χ1n) is 9.37. The lowest BCUT2D eigenvalue weighted by Crippen LogP contribution is -2.48. The molecular formula is C21H20ClFN4O2. The van der Waals surface area contributed by atoms with E-state index in [2.05, 4.69) is 15.0 Å². The Balaban J connectivity index is 1.51. The highest BCUT2D eigenvalue weighted by atomic mass is 35.5. The molecule has 2 aromatic heterocycles. The molecule has 8 heteroatoms. The summed E-state index contributed by atoms with van der Waals surface area (Å²) in [5, 5.41) is 4.12. The van der Waals surface area contributed by atoms with Crippen LogP contribution in [-0.4, -0.2) is 52.0 Å². The molecule has 1 aliphatic rings. The van der Waals surface area contributed by atoms with E-state index < -0.39 is 5.82 Å². The third-order valence-electron chi connectivity index (χ3n) is 5.05. The molecule has 150 valence electrons. The Hall–Kier alpha value is -2.77.